The van der Waals surface area contributed by atoms with Crippen LogP contribution in [0.5, 0.6) is 0 Å². The van der Waals surface area contributed by atoms with E-state index >= 15 is 0 Å². The van der Waals surface area contributed by atoms with Gasteiger partial charge in [0, 0.05) is 24.4 Å². The third-order valence-corrected chi connectivity index (χ3v) is 4.77. The highest BCUT2D eigenvalue weighted by atomic mass is 127. The molecule has 146 valence electrons. The third-order valence-electron chi connectivity index (χ3n) is 3.32. The maximum Gasteiger partial charge on any atom is 0.270 e. The summed E-state index contributed by atoms with van der Waals surface area (Å²) in [6.07, 6.45) is 0. The third kappa shape index (κ3) is 7.11. The van der Waals surface area contributed by atoms with E-state index in [0.717, 1.165) is 17.3 Å². The molecule has 0 atom stereocenters. The number of guanidine groups is 1. The molecule has 0 spiro atoms. The number of halogens is 1. The lowest BCUT2D eigenvalue weighted by Gasteiger charge is -2.07. The van der Waals surface area contributed by atoms with Gasteiger partial charge in [-0.3, -0.25) is 15.1 Å². The van der Waals surface area contributed by atoms with Crippen molar-refractivity contribution in [2.75, 3.05) is 18.4 Å². The number of nitrogens with zero attached hydrogens (tertiary/aromatic N) is 2. The number of nitro groups is 1. The minimum absolute atomic E-state index is 0. The zero-order valence-corrected chi connectivity index (χ0v) is 17.6. The number of nitro benzene ring substituents is 1. The van der Waals surface area contributed by atoms with Gasteiger partial charge in [-0.15, -0.1) is 24.0 Å². The second kappa shape index (κ2) is 10.2. The van der Waals surface area contributed by atoms with Gasteiger partial charge in [0.1, 0.15) is 0 Å². The quantitative estimate of drug-likeness (QED) is 0.132. The van der Waals surface area contributed by atoms with E-state index in [0.29, 0.717) is 0 Å². The highest BCUT2D eigenvalue weighted by Gasteiger charge is 2.16. The molecule has 0 aliphatic carbocycles. The monoisotopic (exact) mass is 505 g/mol. The molecule has 2 aromatic rings. The predicted molar refractivity (Wildman–Crippen MR) is 115 cm³/mol. The molecule has 9 nitrogen and oxygen atoms in total. The lowest BCUT2D eigenvalue weighted by atomic mass is 10.2. The van der Waals surface area contributed by atoms with Gasteiger partial charge in [-0.05, 0) is 30.7 Å². The van der Waals surface area contributed by atoms with Gasteiger partial charge in [0.25, 0.3) is 5.69 Å². The highest BCUT2D eigenvalue weighted by molar-refractivity contribution is 14.0. The summed E-state index contributed by atoms with van der Waals surface area (Å²) < 4.78 is 26.6. The molecular weight excluding hydrogens is 485 g/mol. The van der Waals surface area contributed by atoms with E-state index < -0.39 is 14.9 Å². The number of rotatable bonds is 7. The summed E-state index contributed by atoms with van der Waals surface area (Å²) >= 11 is 0. The smallest absolute Gasteiger partial charge is 0.270 e. The van der Waals surface area contributed by atoms with Crippen LogP contribution in [-0.4, -0.2) is 32.4 Å². The van der Waals surface area contributed by atoms with Crippen molar-refractivity contribution in [1.82, 2.24) is 4.72 Å². The fourth-order valence-corrected chi connectivity index (χ4v) is 3.17. The molecule has 0 amide bonds. The number of anilines is 1. The van der Waals surface area contributed by atoms with Gasteiger partial charge < -0.3 is 11.1 Å². The van der Waals surface area contributed by atoms with Crippen LogP contribution >= 0.6 is 24.0 Å². The molecule has 0 heterocycles. The molecule has 2 rings (SSSR count). The van der Waals surface area contributed by atoms with E-state index in [4.69, 9.17) is 5.73 Å². The lowest BCUT2D eigenvalue weighted by Crippen LogP contribution is -2.28. The number of aryl methyl sites for hydroxylation is 1. The number of nitrogens with one attached hydrogen (secondary N) is 2. The molecule has 27 heavy (non-hydrogen) atoms. The van der Waals surface area contributed by atoms with Crippen LogP contribution in [0, 0.1) is 17.0 Å². The Balaban J connectivity index is 0.00000364. The standard InChI is InChI=1S/C16H19N5O4S.HI/c1-12-4-2-5-13(10-12)20-16(17)18-8-9-19-26(24,25)15-7-3-6-14(11-15)21(22)23;/h2-7,10-11,19H,8-9H2,1H3,(H3,17,18,20);1H. The van der Waals surface area contributed by atoms with E-state index in [1.807, 2.05) is 31.2 Å². The molecule has 0 bridgehead atoms. The first-order valence-electron chi connectivity index (χ1n) is 7.66. The van der Waals surface area contributed by atoms with Crippen molar-refractivity contribution < 1.29 is 13.3 Å². The average molecular weight is 505 g/mol. The Labute approximate surface area is 174 Å². The fraction of sp³-hybridized carbons (Fsp3) is 0.188. The molecule has 0 saturated carbocycles. The van der Waals surface area contributed by atoms with Crippen LogP contribution in [0.15, 0.2) is 58.4 Å². The maximum atomic E-state index is 12.2. The number of benzene rings is 2. The lowest BCUT2D eigenvalue weighted by molar-refractivity contribution is -0.385. The van der Waals surface area contributed by atoms with Crippen molar-refractivity contribution in [3.05, 3.63) is 64.2 Å². The average Bonchev–Trinajstić information content (AvgIpc) is 2.59. The molecule has 11 heteroatoms. The SMILES string of the molecule is Cc1cccc(NC(N)=NCCNS(=O)(=O)c2cccc([N+](=O)[O-])c2)c1.I. The zero-order chi connectivity index (χ0) is 19.2. The normalized spacial score (nSPS) is 11.5. The summed E-state index contributed by atoms with van der Waals surface area (Å²) in [4.78, 5) is 13.9. The van der Waals surface area contributed by atoms with Crippen molar-refractivity contribution >= 4 is 51.3 Å². The molecule has 0 aliphatic heterocycles. The van der Waals surface area contributed by atoms with Crippen LogP contribution in [0.2, 0.25) is 0 Å². The van der Waals surface area contributed by atoms with Crippen molar-refractivity contribution in [3.63, 3.8) is 0 Å². The van der Waals surface area contributed by atoms with Crippen LogP contribution in [0.1, 0.15) is 5.56 Å². The summed E-state index contributed by atoms with van der Waals surface area (Å²) in [6.45, 7) is 2.06. The van der Waals surface area contributed by atoms with Crippen LogP contribution in [-0.2, 0) is 10.0 Å². The zero-order valence-electron chi connectivity index (χ0n) is 14.5. The molecule has 0 aliphatic rings. The molecule has 0 unspecified atom stereocenters. The predicted octanol–water partition coefficient (Wildman–Crippen LogP) is 2.23. The van der Waals surface area contributed by atoms with Gasteiger partial charge in [0.15, 0.2) is 5.96 Å². The summed E-state index contributed by atoms with van der Waals surface area (Å²) in [6, 6.07) is 12.4. The summed E-state index contributed by atoms with van der Waals surface area (Å²) in [5.41, 5.74) is 7.31. The van der Waals surface area contributed by atoms with Gasteiger partial charge >= 0.3 is 0 Å². The second-order valence-corrected chi connectivity index (χ2v) is 7.18. The van der Waals surface area contributed by atoms with Crippen molar-refractivity contribution in [2.24, 2.45) is 10.7 Å². The Morgan fingerprint density at radius 1 is 1.22 bits per heavy atom. The Morgan fingerprint density at radius 3 is 2.59 bits per heavy atom. The van der Waals surface area contributed by atoms with Crippen molar-refractivity contribution in [3.8, 4) is 0 Å². The van der Waals surface area contributed by atoms with Crippen molar-refractivity contribution in [2.45, 2.75) is 11.8 Å². The highest BCUT2D eigenvalue weighted by Crippen LogP contribution is 2.16. The van der Waals surface area contributed by atoms with Gasteiger partial charge in [0.2, 0.25) is 10.0 Å². The molecular formula is C16H20IN5O4S. The number of nitrogens with two attached hydrogens (primary N) is 1. The number of sulfonamides is 1. The first-order chi connectivity index (χ1) is 12.3. The Hall–Kier alpha value is -2.25. The number of aliphatic imine (C=N–C) groups is 1. The Kier molecular flexibility index (Phi) is 8.59. The summed E-state index contributed by atoms with van der Waals surface area (Å²) in [5.74, 6) is 0.158. The van der Waals surface area contributed by atoms with Gasteiger partial charge in [-0.25, -0.2) is 13.1 Å². The van der Waals surface area contributed by atoms with Gasteiger partial charge in [-0.2, -0.15) is 0 Å². The summed E-state index contributed by atoms with van der Waals surface area (Å²) in [7, 11) is -3.86. The first-order valence-corrected chi connectivity index (χ1v) is 9.14. The molecule has 4 N–H and O–H groups in total. The molecule has 0 radical (unpaired) electrons. The Bertz CT molecular complexity index is 934. The topological polar surface area (TPSA) is 140 Å². The van der Waals surface area contributed by atoms with Crippen LogP contribution in [0.25, 0.3) is 0 Å². The first kappa shape index (κ1) is 22.8. The minimum atomic E-state index is -3.86. The molecule has 0 saturated heterocycles. The maximum absolute atomic E-state index is 12.2. The van der Waals surface area contributed by atoms with Crippen LogP contribution in [0.3, 0.4) is 0 Å². The second-order valence-electron chi connectivity index (χ2n) is 5.41. The fourth-order valence-electron chi connectivity index (χ4n) is 2.11. The minimum Gasteiger partial charge on any atom is -0.370 e. The van der Waals surface area contributed by atoms with Crippen LogP contribution in [0.4, 0.5) is 11.4 Å². The molecule has 2 aromatic carbocycles. The van der Waals surface area contributed by atoms with E-state index in [-0.39, 0.29) is 53.6 Å². The Morgan fingerprint density at radius 2 is 1.93 bits per heavy atom. The van der Waals surface area contributed by atoms with Crippen molar-refractivity contribution in [1.29, 1.82) is 0 Å². The molecule has 0 fully saturated rings. The summed E-state index contributed by atoms with van der Waals surface area (Å²) in [5, 5.41) is 13.6. The van der Waals surface area contributed by atoms with Crippen LogP contribution < -0.4 is 15.8 Å². The van der Waals surface area contributed by atoms with Gasteiger partial charge in [0.05, 0.1) is 16.4 Å². The largest absolute Gasteiger partial charge is 0.370 e. The number of hydrogen-bond acceptors (Lipinski definition) is 5. The van der Waals surface area contributed by atoms with E-state index in [9.17, 15) is 18.5 Å². The molecule has 0 aromatic heterocycles. The number of non-ortho nitro benzene ring substituents is 1. The van der Waals surface area contributed by atoms with Gasteiger partial charge in [-0.1, -0.05) is 18.2 Å². The number of hydrogen-bond donors (Lipinski definition) is 3. The van der Waals surface area contributed by atoms with E-state index in [1.165, 1.54) is 18.2 Å². The van der Waals surface area contributed by atoms with E-state index in [1.54, 1.807) is 0 Å². The van der Waals surface area contributed by atoms with E-state index in [2.05, 4.69) is 15.0 Å².